The molecule has 3 rings (SSSR count). The van der Waals surface area contributed by atoms with Gasteiger partial charge in [-0.2, -0.15) is 0 Å². The van der Waals surface area contributed by atoms with Gasteiger partial charge in [-0.25, -0.2) is 0 Å². The predicted molar refractivity (Wildman–Crippen MR) is 127 cm³/mol. The van der Waals surface area contributed by atoms with E-state index in [2.05, 4.69) is 20.8 Å². The molecule has 2 aromatic carbocycles. The number of hydrogen-bond donors (Lipinski definition) is 4. The Hall–Kier alpha value is -4.31. The summed E-state index contributed by atoms with van der Waals surface area (Å²) in [5, 5.41) is 16.1. The number of amidine groups is 1. The molecule has 0 saturated carbocycles. The van der Waals surface area contributed by atoms with Crippen molar-refractivity contribution in [3.8, 4) is 5.75 Å². The molecule has 0 aliphatic carbocycles. The number of rotatable bonds is 10. The number of pyridine rings is 1. The number of hydrogen-bond acceptors (Lipinski definition) is 7. The first kappa shape index (κ1) is 24.3. The van der Waals surface area contributed by atoms with Gasteiger partial charge in [0, 0.05) is 47.2 Å². The van der Waals surface area contributed by atoms with Crippen molar-refractivity contribution in [3.63, 3.8) is 0 Å². The number of nitrogens with two attached hydrogens (primary N) is 1. The van der Waals surface area contributed by atoms with Crippen molar-refractivity contribution in [1.82, 2.24) is 15.6 Å². The third-order valence-corrected chi connectivity index (χ3v) is 4.86. The van der Waals surface area contributed by atoms with Crippen LogP contribution in [0.15, 0.2) is 66.1 Å². The lowest BCUT2D eigenvalue weighted by molar-refractivity contribution is -0.123. The molecule has 0 spiro atoms. The van der Waals surface area contributed by atoms with E-state index >= 15 is 0 Å². The fourth-order valence-electron chi connectivity index (χ4n) is 2.94. The molecule has 11 heteroatoms. The van der Waals surface area contributed by atoms with E-state index in [1.165, 1.54) is 24.3 Å². The number of nitrogens with zero attached hydrogens (tertiary/aromatic N) is 2. The van der Waals surface area contributed by atoms with Crippen LogP contribution in [0.3, 0.4) is 0 Å². The Labute approximate surface area is 200 Å². The van der Waals surface area contributed by atoms with Crippen molar-refractivity contribution in [1.29, 1.82) is 5.41 Å². The molecule has 0 saturated heterocycles. The van der Waals surface area contributed by atoms with Gasteiger partial charge in [0.1, 0.15) is 17.3 Å². The first-order valence-electron chi connectivity index (χ1n) is 10.0. The van der Waals surface area contributed by atoms with E-state index in [-0.39, 0.29) is 46.9 Å². The molecule has 1 heterocycles. The fraction of sp³-hybridized carbons (Fsp3) is 0.130. The monoisotopic (exact) mass is 480 g/mol. The standard InChI is InChI=1S/C23H21ClN6O4/c24-18-6-17(7-19(9-18)30-33)23(32)29-12-16-4-3-15(22(25)26)8-20(16)34-13-21(31)28-11-14-2-1-5-27-10-14/h1-10H,11-13H2,(H3,25,26)(H,28,31)(H,29,32). The maximum absolute atomic E-state index is 12.5. The number of amides is 2. The molecule has 10 nitrogen and oxygen atoms in total. The van der Waals surface area contributed by atoms with Crippen LogP contribution in [0.25, 0.3) is 0 Å². The Morgan fingerprint density at radius 1 is 1.09 bits per heavy atom. The topological polar surface area (TPSA) is 160 Å². The zero-order valence-corrected chi connectivity index (χ0v) is 18.6. The lowest BCUT2D eigenvalue weighted by Crippen LogP contribution is -2.29. The highest BCUT2D eigenvalue weighted by Crippen LogP contribution is 2.23. The lowest BCUT2D eigenvalue weighted by Gasteiger charge is -2.14. The minimum Gasteiger partial charge on any atom is -0.483 e. The zero-order chi connectivity index (χ0) is 24.5. The van der Waals surface area contributed by atoms with E-state index in [9.17, 15) is 14.5 Å². The highest BCUT2D eigenvalue weighted by Gasteiger charge is 2.13. The van der Waals surface area contributed by atoms with Gasteiger partial charge in [0.25, 0.3) is 11.8 Å². The van der Waals surface area contributed by atoms with Crippen molar-refractivity contribution < 1.29 is 14.3 Å². The number of ether oxygens (including phenoxy) is 1. The van der Waals surface area contributed by atoms with Crippen molar-refractivity contribution in [2.45, 2.75) is 13.1 Å². The van der Waals surface area contributed by atoms with Crippen molar-refractivity contribution >= 4 is 34.9 Å². The van der Waals surface area contributed by atoms with Crippen molar-refractivity contribution in [2.24, 2.45) is 10.9 Å². The van der Waals surface area contributed by atoms with Crippen LogP contribution >= 0.6 is 11.6 Å². The second-order valence-electron chi connectivity index (χ2n) is 7.13. The summed E-state index contributed by atoms with van der Waals surface area (Å²) in [4.78, 5) is 39.5. The zero-order valence-electron chi connectivity index (χ0n) is 17.9. The maximum Gasteiger partial charge on any atom is 0.258 e. The van der Waals surface area contributed by atoms with Gasteiger partial charge >= 0.3 is 0 Å². The number of nitrogen functional groups attached to an aromatic ring is 1. The SMILES string of the molecule is N=C(N)c1ccc(CNC(=O)c2cc(Cl)cc(N=O)c2)c(OCC(=O)NCc2cccnc2)c1. The maximum atomic E-state index is 12.5. The van der Waals surface area contributed by atoms with Crippen LogP contribution in [-0.2, 0) is 17.9 Å². The van der Waals surface area contributed by atoms with E-state index in [1.807, 2.05) is 6.07 Å². The van der Waals surface area contributed by atoms with Gasteiger partial charge in [-0.1, -0.05) is 29.8 Å². The van der Waals surface area contributed by atoms with Gasteiger partial charge in [-0.3, -0.25) is 20.0 Å². The molecule has 5 N–H and O–H groups in total. The van der Waals surface area contributed by atoms with Crippen LogP contribution in [-0.4, -0.2) is 29.2 Å². The molecule has 2 amide bonds. The van der Waals surface area contributed by atoms with Gasteiger partial charge < -0.3 is 21.1 Å². The van der Waals surface area contributed by atoms with Crippen LogP contribution in [0.4, 0.5) is 5.69 Å². The Bertz CT molecular complexity index is 1220. The van der Waals surface area contributed by atoms with Crippen LogP contribution in [0.2, 0.25) is 5.02 Å². The molecular formula is C23H21ClN6O4. The number of nitrogens with one attached hydrogen (secondary N) is 3. The summed E-state index contributed by atoms with van der Waals surface area (Å²) in [6, 6.07) is 12.4. The number of carbonyl (C=O) groups excluding carboxylic acids is 2. The van der Waals surface area contributed by atoms with E-state index in [4.69, 9.17) is 27.5 Å². The van der Waals surface area contributed by atoms with E-state index in [0.717, 1.165) is 5.56 Å². The Balaban J connectivity index is 1.67. The highest BCUT2D eigenvalue weighted by atomic mass is 35.5. The summed E-state index contributed by atoms with van der Waals surface area (Å²) in [5.74, 6) is -0.733. The molecule has 0 bridgehead atoms. The molecule has 174 valence electrons. The van der Waals surface area contributed by atoms with Gasteiger partial charge in [0.15, 0.2) is 6.61 Å². The van der Waals surface area contributed by atoms with Crippen LogP contribution in [0.5, 0.6) is 5.75 Å². The van der Waals surface area contributed by atoms with E-state index < -0.39 is 5.91 Å². The normalized spacial score (nSPS) is 10.3. The number of halogens is 1. The average molecular weight is 481 g/mol. The molecule has 0 aliphatic rings. The highest BCUT2D eigenvalue weighted by molar-refractivity contribution is 6.31. The van der Waals surface area contributed by atoms with Gasteiger partial charge in [0.2, 0.25) is 0 Å². The summed E-state index contributed by atoms with van der Waals surface area (Å²) in [6.45, 7) is 0.0505. The lowest BCUT2D eigenvalue weighted by atomic mass is 10.1. The summed E-state index contributed by atoms with van der Waals surface area (Å²) in [5.41, 5.74) is 7.56. The van der Waals surface area contributed by atoms with Crippen LogP contribution in [0.1, 0.15) is 27.0 Å². The molecule has 0 atom stereocenters. The molecule has 3 aromatic rings. The predicted octanol–water partition coefficient (Wildman–Crippen LogP) is 3.04. The van der Waals surface area contributed by atoms with Crippen LogP contribution in [0, 0.1) is 10.3 Å². The third kappa shape index (κ3) is 6.84. The second-order valence-corrected chi connectivity index (χ2v) is 7.57. The van der Waals surface area contributed by atoms with Crippen molar-refractivity contribution in [2.75, 3.05) is 6.61 Å². The van der Waals surface area contributed by atoms with Crippen molar-refractivity contribution in [3.05, 3.63) is 93.1 Å². The fourth-order valence-corrected chi connectivity index (χ4v) is 3.17. The number of benzene rings is 2. The Morgan fingerprint density at radius 3 is 2.62 bits per heavy atom. The van der Waals surface area contributed by atoms with Gasteiger partial charge in [0.05, 0.1) is 0 Å². The second kappa shape index (κ2) is 11.5. The third-order valence-electron chi connectivity index (χ3n) is 4.64. The number of aromatic nitrogens is 1. The van der Waals surface area contributed by atoms with E-state index in [0.29, 0.717) is 17.7 Å². The first-order chi connectivity index (χ1) is 16.4. The molecule has 0 radical (unpaired) electrons. The average Bonchev–Trinajstić information content (AvgIpc) is 2.85. The number of nitroso groups, excluding NO2 is 1. The summed E-state index contributed by atoms with van der Waals surface area (Å²) >= 11 is 5.93. The Morgan fingerprint density at radius 2 is 1.91 bits per heavy atom. The molecule has 0 fully saturated rings. The number of carbonyl (C=O) groups is 2. The molecular weight excluding hydrogens is 460 g/mol. The minimum absolute atomic E-state index is 0.0322. The first-order valence-corrected chi connectivity index (χ1v) is 10.4. The smallest absolute Gasteiger partial charge is 0.258 e. The molecule has 0 unspecified atom stereocenters. The Kier molecular flexibility index (Phi) is 8.25. The van der Waals surface area contributed by atoms with Crippen LogP contribution < -0.4 is 21.1 Å². The molecule has 34 heavy (non-hydrogen) atoms. The molecule has 0 aliphatic heterocycles. The summed E-state index contributed by atoms with van der Waals surface area (Å²) in [7, 11) is 0. The van der Waals surface area contributed by atoms with Gasteiger partial charge in [-0.05, 0) is 41.1 Å². The molecule has 1 aromatic heterocycles. The summed E-state index contributed by atoms with van der Waals surface area (Å²) in [6.07, 6.45) is 3.29. The quantitative estimate of drug-likeness (QED) is 0.198. The van der Waals surface area contributed by atoms with E-state index in [1.54, 1.807) is 30.6 Å². The largest absolute Gasteiger partial charge is 0.483 e. The summed E-state index contributed by atoms with van der Waals surface area (Å²) < 4.78 is 5.66. The van der Waals surface area contributed by atoms with Gasteiger partial charge in [-0.15, -0.1) is 4.91 Å². The minimum atomic E-state index is -0.483.